The first-order valence-electron chi connectivity index (χ1n) is 2.72. The molecule has 0 atom stereocenters. The van der Waals surface area contributed by atoms with E-state index in [1.54, 1.807) is 28.6 Å². The van der Waals surface area contributed by atoms with E-state index < -0.39 is 0 Å². The maximum absolute atomic E-state index is 3.89. The highest BCUT2D eigenvalue weighted by molar-refractivity contribution is 8.01. The fourth-order valence-electron chi connectivity index (χ4n) is 0.416. The minimum atomic E-state index is 0.609. The van der Waals surface area contributed by atoms with Gasteiger partial charge in [0.05, 0.1) is 0 Å². The smallest absolute Gasteiger partial charge is 0.146 e. The minimum Gasteiger partial charge on any atom is -0.146 e. The van der Waals surface area contributed by atoms with Crippen molar-refractivity contribution in [1.82, 2.24) is 10.2 Å². The molecule has 0 spiro atoms. The maximum atomic E-state index is 3.89. The Labute approximate surface area is 62.7 Å². The molecule has 0 aliphatic heterocycles. The number of thioether (sulfide) groups is 1. The van der Waals surface area contributed by atoms with Crippen molar-refractivity contribution in [3.63, 3.8) is 0 Å². The molecular formula is C5H8N2S2. The van der Waals surface area contributed by atoms with Crippen molar-refractivity contribution in [1.29, 1.82) is 0 Å². The zero-order valence-electron chi connectivity index (χ0n) is 5.37. The van der Waals surface area contributed by atoms with Gasteiger partial charge in [-0.05, 0) is 0 Å². The van der Waals surface area contributed by atoms with Gasteiger partial charge in [-0.25, -0.2) is 0 Å². The molecule has 0 saturated carbocycles. The monoisotopic (exact) mass is 160 g/mol. The Morgan fingerprint density at radius 3 is 2.89 bits per heavy atom. The van der Waals surface area contributed by atoms with Crippen LogP contribution in [0, 0.1) is 0 Å². The topological polar surface area (TPSA) is 25.8 Å². The van der Waals surface area contributed by atoms with Crippen molar-refractivity contribution in [2.45, 2.75) is 23.4 Å². The van der Waals surface area contributed by atoms with Crippen molar-refractivity contribution in [3.8, 4) is 0 Å². The van der Waals surface area contributed by atoms with Crippen LogP contribution >= 0.6 is 23.1 Å². The molecule has 0 bridgehead atoms. The van der Waals surface area contributed by atoms with Crippen molar-refractivity contribution < 1.29 is 0 Å². The van der Waals surface area contributed by atoms with E-state index in [-0.39, 0.29) is 0 Å². The second kappa shape index (κ2) is 3.17. The van der Waals surface area contributed by atoms with Gasteiger partial charge >= 0.3 is 0 Å². The Hall–Kier alpha value is -0.0900. The van der Waals surface area contributed by atoms with Crippen molar-refractivity contribution >= 4 is 23.1 Å². The first-order chi connectivity index (χ1) is 4.29. The summed E-state index contributed by atoms with van der Waals surface area (Å²) in [6, 6.07) is 0. The summed E-state index contributed by atoms with van der Waals surface area (Å²) >= 11 is 3.34. The van der Waals surface area contributed by atoms with Crippen molar-refractivity contribution in [3.05, 3.63) is 5.51 Å². The Bertz CT molecular complexity index is 159. The largest absolute Gasteiger partial charge is 0.174 e. The summed E-state index contributed by atoms with van der Waals surface area (Å²) in [5, 5.41) is 8.22. The normalized spacial score (nSPS) is 10.6. The Balaban J connectivity index is 2.48. The Morgan fingerprint density at radius 1 is 1.67 bits per heavy atom. The van der Waals surface area contributed by atoms with Crippen molar-refractivity contribution in [2.75, 3.05) is 0 Å². The summed E-state index contributed by atoms with van der Waals surface area (Å²) in [4.78, 5) is 0. The van der Waals surface area contributed by atoms with Gasteiger partial charge in [0, 0.05) is 5.25 Å². The Kier molecular flexibility index (Phi) is 2.48. The molecule has 50 valence electrons. The third-order valence-electron chi connectivity index (χ3n) is 0.677. The van der Waals surface area contributed by atoms with Crippen LogP contribution in [0.15, 0.2) is 9.85 Å². The van der Waals surface area contributed by atoms with E-state index >= 15 is 0 Å². The van der Waals surface area contributed by atoms with Crippen LogP contribution in [0.4, 0.5) is 0 Å². The van der Waals surface area contributed by atoms with E-state index in [9.17, 15) is 0 Å². The van der Waals surface area contributed by atoms with Crippen LogP contribution in [-0.4, -0.2) is 15.4 Å². The van der Waals surface area contributed by atoms with Crippen LogP contribution < -0.4 is 0 Å². The maximum Gasteiger partial charge on any atom is 0.174 e. The minimum absolute atomic E-state index is 0.609. The second-order valence-electron chi connectivity index (χ2n) is 1.87. The van der Waals surface area contributed by atoms with Crippen molar-refractivity contribution in [2.24, 2.45) is 0 Å². The molecule has 1 heterocycles. The van der Waals surface area contributed by atoms with E-state index in [4.69, 9.17) is 0 Å². The lowest BCUT2D eigenvalue weighted by Gasteiger charge is -1.96. The summed E-state index contributed by atoms with van der Waals surface area (Å²) in [5.74, 6) is 0. The van der Waals surface area contributed by atoms with Gasteiger partial charge in [0.25, 0.3) is 0 Å². The summed E-state index contributed by atoms with van der Waals surface area (Å²) < 4.78 is 1.06. The second-order valence-corrected chi connectivity index (χ2v) is 4.53. The van der Waals surface area contributed by atoms with Gasteiger partial charge in [0.15, 0.2) is 4.34 Å². The van der Waals surface area contributed by atoms with Crippen LogP contribution in [-0.2, 0) is 0 Å². The number of hydrogen-bond acceptors (Lipinski definition) is 4. The van der Waals surface area contributed by atoms with Crippen LogP contribution in [0.2, 0.25) is 0 Å². The summed E-state index contributed by atoms with van der Waals surface area (Å²) in [6.45, 7) is 4.29. The zero-order valence-corrected chi connectivity index (χ0v) is 7.00. The summed E-state index contributed by atoms with van der Waals surface area (Å²) in [5.41, 5.74) is 1.75. The summed E-state index contributed by atoms with van der Waals surface area (Å²) in [7, 11) is 0. The SMILES string of the molecule is CC(C)Sc1nncs1. The molecule has 4 heteroatoms. The molecule has 2 nitrogen and oxygen atoms in total. The van der Waals surface area contributed by atoms with E-state index in [0.717, 1.165) is 4.34 Å². The fourth-order valence-corrected chi connectivity index (χ4v) is 2.12. The third-order valence-corrected chi connectivity index (χ3v) is 2.49. The van der Waals surface area contributed by atoms with Crippen LogP contribution in [0.25, 0.3) is 0 Å². The molecule has 1 rings (SSSR count). The standard InChI is InChI=1S/C5H8N2S2/c1-4(2)9-5-7-6-3-8-5/h3-4H,1-2H3. The van der Waals surface area contributed by atoms with Gasteiger partial charge in [0.2, 0.25) is 0 Å². The van der Waals surface area contributed by atoms with Crippen LogP contribution in [0.3, 0.4) is 0 Å². The first kappa shape index (κ1) is 7.02. The van der Waals surface area contributed by atoms with Crippen LogP contribution in [0.5, 0.6) is 0 Å². The highest BCUT2D eigenvalue weighted by atomic mass is 32.2. The number of nitrogens with zero attached hydrogens (tertiary/aromatic N) is 2. The van der Waals surface area contributed by atoms with Gasteiger partial charge in [-0.15, -0.1) is 10.2 Å². The first-order valence-corrected chi connectivity index (χ1v) is 4.48. The van der Waals surface area contributed by atoms with Crippen LogP contribution in [0.1, 0.15) is 13.8 Å². The van der Waals surface area contributed by atoms with Gasteiger partial charge in [-0.3, -0.25) is 0 Å². The highest BCUT2D eigenvalue weighted by Crippen LogP contribution is 2.22. The molecule has 0 aliphatic rings. The average molecular weight is 160 g/mol. The van der Waals surface area contributed by atoms with E-state index in [1.165, 1.54) is 0 Å². The molecule has 0 fully saturated rings. The van der Waals surface area contributed by atoms with E-state index in [2.05, 4.69) is 24.0 Å². The fraction of sp³-hybridized carbons (Fsp3) is 0.600. The lowest BCUT2D eigenvalue weighted by molar-refractivity contribution is 1.00. The molecule has 1 aromatic rings. The molecule has 0 N–H and O–H groups in total. The predicted molar refractivity (Wildman–Crippen MR) is 40.9 cm³/mol. The summed E-state index contributed by atoms with van der Waals surface area (Å²) in [6.07, 6.45) is 0. The Morgan fingerprint density at radius 2 is 2.44 bits per heavy atom. The molecule has 0 aromatic carbocycles. The molecule has 9 heavy (non-hydrogen) atoms. The lowest BCUT2D eigenvalue weighted by Crippen LogP contribution is -1.84. The average Bonchev–Trinajstić information content (AvgIpc) is 2.15. The molecular weight excluding hydrogens is 152 g/mol. The molecule has 0 aliphatic carbocycles. The molecule has 1 aromatic heterocycles. The quantitative estimate of drug-likeness (QED) is 0.619. The molecule has 0 radical (unpaired) electrons. The van der Waals surface area contributed by atoms with Gasteiger partial charge in [-0.2, -0.15) is 0 Å². The highest BCUT2D eigenvalue weighted by Gasteiger charge is 1.99. The molecule has 0 saturated heterocycles. The molecule has 0 amide bonds. The van der Waals surface area contributed by atoms with Gasteiger partial charge in [-0.1, -0.05) is 36.9 Å². The number of hydrogen-bond donors (Lipinski definition) is 0. The third kappa shape index (κ3) is 2.32. The molecule has 0 unspecified atom stereocenters. The van der Waals surface area contributed by atoms with E-state index in [0.29, 0.717) is 5.25 Å². The zero-order chi connectivity index (χ0) is 6.69. The predicted octanol–water partition coefficient (Wildman–Crippen LogP) is 2.04. The van der Waals surface area contributed by atoms with Gasteiger partial charge < -0.3 is 0 Å². The van der Waals surface area contributed by atoms with Gasteiger partial charge in [0.1, 0.15) is 5.51 Å². The lowest BCUT2D eigenvalue weighted by atomic mass is 10.6. The van der Waals surface area contributed by atoms with E-state index in [1.807, 2.05) is 0 Å². The number of rotatable bonds is 2. The number of aromatic nitrogens is 2.